The maximum absolute atomic E-state index is 14.0. The number of nitrogens with zero attached hydrogens (tertiary/aromatic N) is 2. The summed E-state index contributed by atoms with van der Waals surface area (Å²) in [5.41, 5.74) is 0.950. The number of halogens is 1. The van der Waals surface area contributed by atoms with Crippen molar-refractivity contribution >= 4 is 27.3 Å². The highest BCUT2D eigenvalue weighted by Crippen LogP contribution is 2.41. The van der Waals surface area contributed by atoms with Gasteiger partial charge in [0.2, 0.25) is 5.91 Å². The molecule has 1 heterocycles. The molecule has 1 N–H and O–H groups in total. The van der Waals surface area contributed by atoms with Crippen molar-refractivity contribution in [3.05, 3.63) is 53.3 Å². The first-order chi connectivity index (χ1) is 13.0. The van der Waals surface area contributed by atoms with Crippen LogP contribution in [0, 0.1) is 17.1 Å². The van der Waals surface area contributed by atoms with Gasteiger partial charge in [0.25, 0.3) is 10.0 Å². The summed E-state index contributed by atoms with van der Waals surface area (Å²) < 4.78 is 41.9. The second-order valence-electron chi connectivity index (χ2n) is 7.40. The zero-order valence-electron chi connectivity index (χ0n) is 15.8. The van der Waals surface area contributed by atoms with E-state index < -0.39 is 15.8 Å². The first-order valence-corrected chi connectivity index (χ1v) is 10.2. The van der Waals surface area contributed by atoms with Gasteiger partial charge in [0, 0.05) is 19.2 Å². The van der Waals surface area contributed by atoms with Crippen LogP contribution in [-0.2, 0) is 20.2 Å². The van der Waals surface area contributed by atoms with Crippen LogP contribution in [0.2, 0.25) is 0 Å². The minimum absolute atomic E-state index is 0.0357. The molecule has 3 rings (SSSR count). The molecule has 0 unspecified atom stereocenters. The summed E-state index contributed by atoms with van der Waals surface area (Å²) in [5.74, 6) is -0.885. The van der Waals surface area contributed by atoms with Gasteiger partial charge in [-0.3, -0.25) is 9.52 Å². The summed E-state index contributed by atoms with van der Waals surface area (Å²) >= 11 is 0. The standard InChI is InChI=1S/C20H20FN3O3S/c1-13(25)24-9-8-20(2,3)16-11-15(5-7-19(16)24)28(26,27)23-18-10-14(12-22)4-6-17(18)21/h4-7,10-11,23H,8-9H2,1-3H3. The molecule has 0 saturated carbocycles. The second-order valence-corrected chi connectivity index (χ2v) is 9.08. The molecule has 146 valence electrons. The van der Waals surface area contributed by atoms with Gasteiger partial charge in [0.1, 0.15) is 5.82 Å². The van der Waals surface area contributed by atoms with Crippen LogP contribution in [0.1, 0.15) is 38.3 Å². The monoisotopic (exact) mass is 401 g/mol. The fourth-order valence-electron chi connectivity index (χ4n) is 3.31. The number of carbonyl (C=O) groups excluding carboxylic acids is 1. The molecule has 0 aliphatic carbocycles. The molecular formula is C20H20FN3O3S. The van der Waals surface area contributed by atoms with Crippen LogP contribution in [0.5, 0.6) is 0 Å². The van der Waals surface area contributed by atoms with Crippen molar-refractivity contribution in [1.82, 2.24) is 0 Å². The lowest BCUT2D eigenvalue weighted by molar-refractivity contribution is -0.116. The Morgan fingerprint density at radius 3 is 2.61 bits per heavy atom. The van der Waals surface area contributed by atoms with Crippen molar-refractivity contribution in [2.75, 3.05) is 16.2 Å². The highest BCUT2D eigenvalue weighted by Gasteiger charge is 2.34. The Balaban J connectivity index is 2.05. The van der Waals surface area contributed by atoms with Gasteiger partial charge in [-0.25, -0.2) is 12.8 Å². The van der Waals surface area contributed by atoms with Gasteiger partial charge in [-0.2, -0.15) is 5.26 Å². The van der Waals surface area contributed by atoms with Crippen LogP contribution in [0.3, 0.4) is 0 Å². The molecular weight excluding hydrogens is 381 g/mol. The van der Waals surface area contributed by atoms with Gasteiger partial charge in [-0.05, 0) is 53.8 Å². The number of carbonyl (C=O) groups is 1. The number of benzene rings is 2. The third-order valence-electron chi connectivity index (χ3n) is 4.98. The summed E-state index contributed by atoms with van der Waals surface area (Å²) in [5, 5.41) is 8.95. The predicted octanol–water partition coefficient (Wildman–Crippen LogP) is 3.53. The molecule has 8 heteroatoms. The molecule has 0 bridgehead atoms. The molecule has 6 nitrogen and oxygen atoms in total. The van der Waals surface area contributed by atoms with Crippen molar-refractivity contribution in [1.29, 1.82) is 5.26 Å². The maximum Gasteiger partial charge on any atom is 0.261 e. The molecule has 1 aliphatic rings. The molecule has 0 atom stereocenters. The molecule has 0 saturated heterocycles. The Bertz CT molecular complexity index is 1100. The van der Waals surface area contributed by atoms with Crippen LogP contribution < -0.4 is 9.62 Å². The zero-order valence-corrected chi connectivity index (χ0v) is 16.6. The minimum Gasteiger partial charge on any atom is -0.312 e. The maximum atomic E-state index is 14.0. The average Bonchev–Trinajstić information content (AvgIpc) is 2.63. The summed E-state index contributed by atoms with van der Waals surface area (Å²) in [6, 6.07) is 9.83. The topological polar surface area (TPSA) is 90.3 Å². The largest absolute Gasteiger partial charge is 0.312 e. The summed E-state index contributed by atoms with van der Waals surface area (Å²) in [6.45, 7) is 6.01. The number of anilines is 2. The first kappa shape index (κ1) is 19.8. The number of nitrogens with one attached hydrogen (secondary N) is 1. The molecule has 1 amide bonds. The predicted molar refractivity (Wildman–Crippen MR) is 104 cm³/mol. The summed E-state index contributed by atoms with van der Waals surface area (Å²) in [7, 11) is -4.09. The quantitative estimate of drug-likeness (QED) is 0.852. The number of sulfonamides is 1. The van der Waals surface area contributed by atoms with Crippen LogP contribution in [0.4, 0.5) is 15.8 Å². The van der Waals surface area contributed by atoms with E-state index in [1.165, 1.54) is 25.1 Å². The molecule has 0 fully saturated rings. The summed E-state index contributed by atoms with van der Waals surface area (Å²) in [6.07, 6.45) is 0.690. The number of hydrogen-bond acceptors (Lipinski definition) is 4. The average molecular weight is 401 g/mol. The van der Waals surface area contributed by atoms with E-state index in [9.17, 15) is 17.6 Å². The molecule has 2 aromatic carbocycles. The molecule has 2 aromatic rings. The smallest absolute Gasteiger partial charge is 0.261 e. The number of rotatable bonds is 3. The van der Waals surface area contributed by atoms with E-state index in [2.05, 4.69) is 4.72 Å². The molecule has 28 heavy (non-hydrogen) atoms. The van der Waals surface area contributed by atoms with Crippen molar-refractivity contribution in [2.45, 2.75) is 37.5 Å². The normalized spacial score (nSPS) is 15.5. The fraction of sp³-hybridized carbons (Fsp3) is 0.300. The Hall–Kier alpha value is -2.92. The van der Waals surface area contributed by atoms with E-state index in [0.29, 0.717) is 18.7 Å². The van der Waals surface area contributed by atoms with Gasteiger partial charge in [-0.15, -0.1) is 0 Å². The SMILES string of the molecule is CC(=O)N1CCC(C)(C)c2cc(S(=O)(=O)Nc3cc(C#N)ccc3F)ccc21. The third-order valence-corrected chi connectivity index (χ3v) is 6.34. The fourth-order valence-corrected chi connectivity index (χ4v) is 4.39. The number of fused-ring (bicyclic) bond motifs is 1. The molecule has 0 spiro atoms. The van der Waals surface area contributed by atoms with E-state index >= 15 is 0 Å². The minimum atomic E-state index is -4.09. The van der Waals surface area contributed by atoms with Crippen molar-refractivity contribution < 1.29 is 17.6 Å². The van der Waals surface area contributed by atoms with E-state index in [0.717, 1.165) is 17.7 Å². The van der Waals surface area contributed by atoms with Gasteiger partial charge < -0.3 is 4.90 Å². The van der Waals surface area contributed by atoms with E-state index in [4.69, 9.17) is 5.26 Å². The van der Waals surface area contributed by atoms with Gasteiger partial charge in [0.15, 0.2) is 0 Å². The molecule has 0 aromatic heterocycles. The van der Waals surface area contributed by atoms with Crippen LogP contribution in [-0.4, -0.2) is 20.9 Å². The van der Waals surface area contributed by atoms with Gasteiger partial charge in [0.05, 0.1) is 22.2 Å². The highest BCUT2D eigenvalue weighted by atomic mass is 32.2. The third kappa shape index (κ3) is 3.58. The number of hydrogen-bond donors (Lipinski definition) is 1. The van der Waals surface area contributed by atoms with Crippen molar-refractivity contribution in [3.63, 3.8) is 0 Å². The lowest BCUT2D eigenvalue weighted by Crippen LogP contribution is -2.40. The highest BCUT2D eigenvalue weighted by molar-refractivity contribution is 7.92. The Morgan fingerprint density at radius 2 is 1.96 bits per heavy atom. The van der Waals surface area contributed by atoms with Crippen LogP contribution in [0.15, 0.2) is 41.3 Å². The second kappa shape index (κ2) is 6.91. The molecule has 1 aliphatic heterocycles. The van der Waals surface area contributed by atoms with E-state index in [1.54, 1.807) is 11.0 Å². The number of amides is 1. The first-order valence-electron chi connectivity index (χ1n) is 8.70. The number of nitriles is 1. The lowest BCUT2D eigenvalue weighted by Gasteiger charge is -2.39. The van der Waals surface area contributed by atoms with Crippen LogP contribution in [0.25, 0.3) is 0 Å². The Morgan fingerprint density at radius 1 is 1.25 bits per heavy atom. The summed E-state index contributed by atoms with van der Waals surface area (Å²) in [4.78, 5) is 13.5. The van der Waals surface area contributed by atoms with Gasteiger partial charge >= 0.3 is 0 Å². The van der Waals surface area contributed by atoms with Gasteiger partial charge in [-0.1, -0.05) is 13.8 Å². The lowest BCUT2D eigenvalue weighted by atomic mass is 9.77. The van der Waals surface area contributed by atoms with Crippen molar-refractivity contribution in [2.24, 2.45) is 0 Å². The van der Waals surface area contributed by atoms with E-state index in [-0.39, 0.29) is 27.5 Å². The Kier molecular flexibility index (Phi) is 4.90. The van der Waals surface area contributed by atoms with Crippen molar-refractivity contribution in [3.8, 4) is 6.07 Å². The van der Waals surface area contributed by atoms with E-state index in [1.807, 2.05) is 19.9 Å². The Labute approximate surface area is 163 Å². The van der Waals surface area contributed by atoms with Crippen LogP contribution >= 0.6 is 0 Å². The molecule has 0 radical (unpaired) electrons. The zero-order chi connectivity index (χ0) is 20.7.